The van der Waals surface area contributed by atoms with Gasteiger partial charge >= 0.3 is 5.97 Å². The number of hydrogen-bond donors (Lipinski definition) is 2. The van der Waals surface area contributed by atoms with E-state index in [0.29, 0.717) is 5.57 Å². The Balaban J connectivity index is 2.70. The first-order chi connectivity index (χ1) is 12.8. The molecule has 0 radical (unpaired) electrons. The van der Waals surface area contributed by atoms with Crippen LogP contribution in [0.15, 0.2) is 59.3 Å². The third kappa shape index (κ3) is 6.99. The number of carbonyl (C=O) groups excluding carboxylic acids is 4. The molecule has 2 N–H and O–H groups in total. The van der Waals surface area contributed by atoms with Crippen molar-refractivity contribution in [3.63, 3.8) is 0 Å². The Kier molecular flexibility index (Phi) is 8.81. The number of ether oxygens (including phenoxy) is 1. The molecule has 0 spiro atoms. The smallest absolute Gasteiger partial charge is 0.337 e. The van der Waals surface area contributed by atoms with E-state index in [4.69, 9.17) is 5.11 Å². The molecule has 1 aliphatic heterocycles. The maximum Gasteiger partial charge on any atom is 0.337 e. The number of hydrogen-bond acceptors (Lipinski definition) is 6. The summed E-state index contributed by atoms with van der Waals surface area (Å²) in [6.45, 7) is 3.08. The third-order valence-corrected chi connectivity index (χ3v) is 3.72. The molecule has 0 saturated carbocycles. The van der Waals surface area contributed by atoms with Gasteiger partial charge in [0.2, 0.25) is 11.8 Å². The fourth-order valence-electron chi connectivity index (χ4n) is 2.30. The van der Waals surface area contributed by atoms with E-state index >= 15 is 0 Å². The molecule has 0 aromatic heterocycles. The minimum absolute atomic E-state index is 0.111. The number of imide groups is 1. The standard InChI is InChI=1S/C20H23NO6/c1-13(11-15(9-10-22)20(26)27-3)7-5-4-6-8-14(2)18(24)16-12-17(23)21-19(16)25/h4-9,11,16,22H,10,12H2,1-3H3,(H,21,23,25)/b6-4+,7-5+,13-11+,14-8+,15-9-. The molecule has 0 aromatic rings. The molecule has 1 unspecified atom stereocenters. The van der Waals surface area contributed by atoms with Gasteiger partial charge in [-0.3, -0.25) is 19.7 Å². The number of allylic oxidation sites excluding steroid dienone is 7. The Bertz CT molecular complexity index is 767. The van der Waals surface area contributed by atoms with E-state index in [0.717, 1.165) is 5.57 Å². The summed E-state index contributed by atoms with van der Waals surface area (Å²) in [6.07, 6.45) is 11.1. The fraction of sp³-hybridized carbons (Fsp3) is 0.300. The zero-order chi connectivity index (χ0) is 20.4. The van der Waals surface area contributed by atoms with Crippen LogP contribution in [-0.2, 0) is 23.9 Å². The van der Waals surface area contributed by atoms with Gasteiger partial charge in [0, 0.05) is 6.42 Å². The van der Waals surface area contributed by atoms with Crippen molar-refractivity contribution in [1.29, 1.82) is 0 Å². The number of ketones is 1. The first-order valence-corrected chi connectivity index (χ1v) is 8.27. The number of Topliss-reactive ketones (excluding diaryl/α,β-unsaturated/α-hetero) is 1. The number of carbonyl (C=O) groups is 4. The molecule has 1 rings (SSSR count). The molecule has 0 bridgehead atoms. The number of esters is 1. The zero-order valence-corrected chi connectivity index (χ0v) is 15.5. The highest BCUT2D eigenvalue weighted by molar-refractivity contribution is 6.18. The lowest BCUT2D eigenvalue weighted by Gasteiger charge is -2.03. The van der Waals surface area contributed by atoms with Gasteiger partial charge in [-0.05, 0) is 31.6 Å². The number of rotatable bonds is 8. The maximum absolute atomic E-state index is 12.1. The van der Waals surface area contributed by atoms with Gasteiger partial charge in [0.15, 0.2) is 5.78 Å². The fourth-order valence-corrected chi connectivity index (χ4v) is 2.30. The van der Waals surface area contributed by atoms with Gasteiger partial charge in [-0.25, -0.2) is 4.79 Å². The number of methoxy groups -OCH3 is 1. The van der Waals surface area contributed by atoms with Crippen LogP contribution in [0.1, 0.15) is 20.3 Å². The Labute approximate surface area is 157 Å². The summed E-state index contributed by atoms with van der Waals surface area (Å²) in [4.78, 5) is 46.3. The van der Waals surface area contributed by atoms with Gasteiger partial charge in [-0.1, -0.05) is 36.0 Å². The molecular formula is C20H23NO6. The van der Waals surface area contributed by atoms with Gasteiger partial charge < -0.3 is 9.84 Å². The molecule has 144 valence electrons. The van der Waals surface area contributed by atoms with Crippen molar-refractivity contribution in [3.05, 3.63) is 59.3 Å². The highest BCUT2D eigenvalue weighted by Crippen LogP contribution is 2.16. The van der Waals surface area contributed by atoms with Crippen LogP contribution in [0.25, 0.3) is 0 Å². The normalized spacial score (nSPS) is 19.1. The van der Waals surface area contributed by atoms with Gasteiger partial charge in [0.05, 0.1) is 19.3 Å². The molecule has 1 atom stereocenters. The SMILES string of the molecule is COC(=O)C(=C\CO)/C=C(C)/C=C/C=C/C=C(\C)C(=O)C1CC(=O)NC1=O. The molecular weight excluding hydrogens is 350 g/mol. The highest BCUT2D eigenvalue weighted by Gasteiger charge is 2.36. The topological polar surface area (TPSA) is 110 Å². The largest absolute Gasteiger partial charge is 0.465 e. The van der Waals surface area contributed by atoms with E-state index in [1.165, 1.54) is 13.2 Å². The molecule has 2 amide bonds. The number of nitrogens with one attached hydrogen (secondary N) is 1. The summed E-state index contributed by atoms with van der Waals surface area (Å²) in [6, 6.07) is 0. The average Bonchev–Trinajstić information content (AvgIpc) is 2.97. The Hall–Kier alpha value is -3.06. The van der Waals surface area contributed by atoms with Crippen molar-refractivity contribution in [3.8, 4) is 0 Å². The summed E-state index contributed by atoms with van der Waals surface area (Å²) in [5, 5.41) is 11.0. The van der Waals surface area contributed by atoms with Gasteiger partial charge in [-0.2, -0.15) is 0 Å². The molecule has 0 aromatic carbocycles. The second kappa shape index (κ2) is 10.8. The average molecular weight is 373 g/mol. The maximum atomic E-state index is 12.1. The highest BCUT2D eigenvalue weighted by atomic mass is 16.5. The van der Waals surface area contributed by atoms with E-state index in [1.807, 2.05) is 0 Å². The van der Waals surface area contributed by atoms with Crippen LogP contribution in [-0.4, -0.2) is 42.4 Å². The van der Waals surface area contributed by atoms with Crippen molar-refractivity contribution < 1.29 is 29.0 Å². The lowest BCUT2D eigenvalue weighted by Crippen LogP contribution is -2.26. The van der Waals surface area contributed by atoms with Crippen molar-refractivity contribution >= 4 is 23.6 Å². The van der Waals surface area contributed by atoms with Gasteiger partial charge in [-0.15, -0.1) is 0 Å². The van der Waals surface area contributed by atoms with Crippen LogP contribution in [0, 0.1) is 5.92 Å². The number of amides is 2. The van der Waals surface area contributed by atoms with Crippen LogP contribution < -0.4 is 5.32 Å². The first-order valence-electron chi connectivity index (χ1n) is 8.27. The molecule has 7 nitrogen and oxygen atoms in total. The molecule has 27 heavy (non-hydrogen) atoms. The van der Waals surface area contributed by atoms with Gasteiger partial charge in [0.25, 0.3) is 0 Å². The van der Waals surface area contributed by atoms with Crippen molar-refractivity contribution in [2.45, 2.75) is 20.3 Å². The quantitative estimate of drug-likeness (QED) is 0.218. The molecule has 7 heteroatoms. The zero-order valence-electron chi connectivity index (χ0n) is 15.5. The van der Waals surface area contributed by atoms with Crippen LogP contribution in [0.3, 0.4) is 0 Å². The van der Waals surface area contributed by atoms with Crippen molar-refractivity contribution in [2.75, 3.05) is 13.7 Å². The molecule has 1 saturated heterocycles. The Morgan fingerprint density at radius 1 is 1.22 bits per heavy atom. The summed E-state index contributed by atoms with van der Waals surface area (Å²) >= 11 is 0. The summed E-state index contributed by atoms with van der Waals surface area (Å²) < 4.78 is 4.62. The molecule has 1 fully saturated rings. The van der Waals surface area contributed by atoms with Crippen LogP contribution in [0.5, 0.6) is 0 Å². The minimum atomic E-state index is -0.946. The molecule has 0 aliphatic carbocycles. The Morgan fingerprint density at radius 3 is 2.48 bits per heavy atom. The van der Waals surface area contributed by atoms with E-state index in [9.17, 15) is 19.2 Å². The number of aliphatic hydroxyl groups is 1. The van der Waals surface area contributed by atoms with Crippen molar-refractivity contribution in [2.24, 2.45) is 5.92 Å². The molecule has 1 aliphatic rings. The predicted molar refractivity (Wildman–Crippen MR) is 99.2 cm³/mol. The predicted octanol–water partition coefficient (Wildman–Crippen LogP) is 1.31. The van der Waals surface area contributed by atoms with E-state index < -0.39 is 23.7 Å². The van der Waals surface area contributed by atoms with Crippen LogP contribution in [0.4, 0.5) is 0 Å². The molecule has 1 heterocycles. The summed E-state index contributed by atoms with van der Waals surface area (Å²) in [5.41, 5.74) is 1.38. The number of aliphatic hydroxyl groups excluding tert-OH is 1. The van der Waals surface area contributed by atoms with Gasteiger partial charge in [0.1, 0.15) is 5.92 Å². The van der Waals surface area contributed by atoms with E-state index in [2.05, 4.69) is 10.1 Å². The summed E-state index contributed by atoms with van der Waals surface area (Å²) in [7, 11) is 1.26. The monoisotopic (exact) mass is 373 g/mol. The Morgan fingerprint density at radius 2 is 1.93 bits per heavy atom. The minimum Gasteiger partial charge on any atom is -0.465 e. The van der Waals surface area contributed by atoms with E-state index in [-0.39, 0.29) is 24.4 Å². The second-order valence-electron chi connectivity index (χ2n) is 5.85. The van der Waals surface area contributed by atoms with E-state index in [1.54, 1.807) is 50.3 Å². The third-order valence-electron chi connectivity index (χ3n) is 3.72. The van der Waals surface area contributed by atoms with Crippen molar-refractivity contribution in [1.82, 2.24) is 5.32 Å². The second-order valence-corrected chi connectivity index (χ2v) is 5.85. The van der Waals surface area contributed by atoms with Crippen LogP contribution >= 0.6 is 0 Å². The van der Waals surface area contributed by atoms with Crippen LogP contribution in [0.2, 0.25) is 0 Å². The lowest BCUT2D eigenvalue weighted by atomic mass is 9.97. The first kappa shape index (κ1) is 22.0. The lowest BCUT2D eigenvalue weighted by molar-refractivity contribution is -0.136. The summed E-state index contributed by atoms with van der Waals surface area (Å²) in [5.74, 6) is -2.86.